The predicted molar refractivity (Wildman–Crippen MR) is 84.4 cm³/mol. The number of aromatic nitrogens is 4. The van der Waals surface area contributed by atoms with E-state index in [0.29, 0.717) is 5.82 Å². The molecule has 0 fully saturated rings. The van der Waals surface area contributed by atoms with Crippen LogP contribution < -0.4 is 16.6 Å². The number of pyridine rings is 2. The van der Waals surface area contributed by atoms with E-state index < -0.39 is 17.2 Å². The van der Waals surface area contributed by atoms with E-state index in [9.17, 15) is 14.4 Å². The largest absolute Gasteiger partial charge is 0.332 e. The van der Waals surface area contributed by atoms with Crippen LogP contribution in [0, 0.1) is 0 Å². The van der Waals surface area contributed by atoms with Crippen molar-refractivity contribution in [2.75, 3.05) is 5.32 Å². The maximum Gasteiger partial charge on any atom is 0.332 e. The Morgan fingerprint density at radius 3 is 2.61 bits per heavy atom. The Morgan fingerprint density at radius 2 is 1.91 bits per heavy atom. The molecule has 0 bridgehead atoms. The van der Waals surface area contributed by atoms with Crippen LogP contribution in [0.4, 0.5) is 5.82 Å². The lowest BCUT2D eigenvalue weighted by molar-refractivity contribution is 0.102. The minimum Gasteiger partial charge on any atom is -0.307 e. The SMILES string of the molecule is Cn1c(=O)c2cc(C(=O)Nc3ccccn3)cnc2n(C)c1=O. The third kappa shape index (κ3) is 2.50. The van der Waals surface area contributed by atoms with E-state index in [0.717, 1.165) is 4.57 Å². The lowest BCUT2D eigenvalue weighted by Crippen LogP contribution is -2.37. The number of carbonyl (C=O) groups excluding carboxylic acids is 1. The molecule has 0 unspecified atom stereocenters. The molecule has 0 aliphatic rings. The summed E-state index contributed by atoms with van der Waals surface area (Å²) in [4.78, 5) is 44.4. The summed E-state index contributed by atoms with van der Waals surface area (Å²) in [5.74, 6) is -0.0417. The van der Waals surface area contributed by atoms with Gasteiger partial charge in [0.15, 0.2) is 0 Å². The van der Waals surface area contributed by atoms with Gasteiger partial charge in [-0.3, -0.25) is 18.7 Å². The molecule has 1 amide bonds. The standard InChI is InChI=1S/C15H13N5O3/c1-19-12-10(14(22)20(2)15(19)23)7-9(8-17-12)13(21)18-11-5-3-4-6-16-11/h3-8H,1-2H3,(H,16,18,21). The van der Waals surface area contributed by atoms with Crippen molar-refractivity contribution in [3.05, 3.63) is 63.1 Å². The number of rotatable bonds is 2. The summed E-state index contributed by atoms with van der Waals surface area (Å²) in [5.41, 5.74) is -0.532. The third-order valence-electron chi connectivity index (χ3n) is 3.46. The molecule has 0 aliphatic heterocycles. The fraction of sp³-hybridized carbons (Fsp3) is 0.133. The molecular weight excluding hydrogens is 298 g/mol. The van der Waals surface area contributed by atoms with Crippen LogP contribution in [-0.4, -0.2) is 25.0 Å². The minimum atomic E-state index is -0.497. The van der Waals surface area contributed by atoms with E-state index in [1.807, 2.05) is 0 Å². The van der Waals surface area contributed by atoms with Crippen molar-refractivity contribution in [3.63, 3.8) is 0 Å². The summed E-state index contributed by atoms with van der Waals surface area (Å²) >= 11 is 0. The van der Waals surface area contributed by atoms with Gasteiger partial charge < -0.3 is 5.32 Å². The summed E-state index contributed by atoms with van der Waals surface area (Å²) in [6.45, 7) is 0. The Morgan fingerprint density at radius 1 is 1.13 bits per heavy atom. The highest BCUT2D eigenvalue weighted by molar-refractivity contribution is 6.05. The second-order valence-corrected chi connectivity index (χ2v) is 4.97. The fourth-order valence-corrected chi connectivity index (χ4v) is 2.21. The van der Waals surface area contributed by atoms with Crippen LogP contribution in [0.2, 0.25) is 0 Å². The Bertz CT molecular complexity index is 1020. The fourth-order valence-electron chi connectivity index (χ4n) is 2.21. The second-order valence-electron chi connectivity index (χ2n) is 4.97. The van der Waals surface area contributed by atoms with Crippen molar-refractivity contribution in [2.24, 2.45) is 14.1 Å². The molecule has 0 radical (unpaired) electrons. The molecule has 0 aliphatic carbocycles. The molecule has 23 heavy (non-hydrogen) atoms. The number of amides is 1. The van der Waals surface area contributed by atoms with Crippen molar-refractivity contribution >= 4 is 22.8 Å². The topological polar surface area (TPSA) is 98.9 Å². The van der Waals surface area contributed by atoms with Crippen LogP contribution in [0.25, 0.3) is 11.0 Å². The quantitative estimate of drug-likeness (QED) is 0.733. The van der Waals surface area contributed by atoms with Gasteiger partial charge >= 0.3 is 5.69 Å². The average Bonchev–Trinajstić information content (AvgIpc) is 2.58. The molecule has 116 valence electrons. The number of fused-ring (bicyclic) bond motifs is 1. The van der Waals surface area contributed by atoms with Gasteiger partial charge in [-0.2, -0.15) is 0 Å². The summed E-state index contributed by atoms with van der Waals surface area (Å²) < 4.78 is 2.24. The Hall–Kier alpha value is -3.29. The third-order valence-corrected chi connectivity index (χ3v) is 3.46. The summed E-state index contributed by atoms with van der Waals surface area (Å²) in [6.07, 6.45) is 2.87. The first kappa shape index (κ1) is 14.6. The second kappa shape index (κ2) is 5.48. The molecule has 3 heterocycles. The first-order chi connectivity index (χ1) is 11.0. The van der Waals surface area contributed by atoms with Crippen molar-refractivity contribution in [3.8, 4) is 0 Å². The van der Waals surface area contributed by atoms with Gasteiger partial charge in [0, 0.05) is 26.5 Å². The predicted octanol–water partition coefficient (Wildman–Crippen LogP) is 0.279. The number of aryl methyl sites for hydroxylation is 1. The van der Waals surface area contributed by atoms with Crippen LogP contribution in [0.5, 0.6) is 0 Å². The molecule has 8 heteroatoms. The Labute approximate surface area is 130 Å². The summed E-state index contributed by atoms with van der Waals surface area (Å²) in [5, 5.41) is 2.81. The first-order valence-electron chi connectivity index (χ1n) is 6.77. The van der Waals surface area contributed by atoms with Gasteiger partial charge in [0.2, 0.25) is 0 Å². The van der Waals surface area contributed by atoms with E-state index in [1.54, 1.807) is 24.4 Å². The number of nitrogens with one attached hydrogen (secondary N) is 1. The zero-order chi connectivity index (χ0) is 16.6. The van der Waals surface area contributed by atoms with Crippen LogP contribution in [-0.2, 0) is 14.1 Å². The first-order valence-corrected chi connectivity index (χ1v) is 6.77. The lowest BCUT2D eigenvalue weighted by Gasteiger charge is -2.08. The molecule has 0 saturated heterocycles. The maximum absolute atomic E-state index is 12.2. The number of anilines is 1. The molecule has 0 saturated carbocycles. The van der Waals surface area contributed by atoms with Crippen molar-refractivity contribution in [1.82, 2.24) is 19.1 Å². The van der Waals surface area contributed by atoms with Gasteiger partial charge in [0.25, 0.3) is 11.5 Å². The molecule has 1 N–H and O–H groups in total. The smallest absolute Gasteiger partial charge is 0.307 e. The molecule has 3 rings (SSSR count). The molecule has 0 spiro atoms. The van der Waals surface area contributed by atoms with Crippen LogP contribution >= 0.6 is 0 Å². The van der Waals surface area contributed by atoms with E-state index >= 15 is 0 Å². The lowest BCUT2D eigenvalue weighted by atomic mass is 10.2. The molecule has 3 aromatic heterocycles. The number of hydrogen-bond acceptors (Lipinski definition) is 5. The number of nitrogens with zero attached hydrogens (tertiary/aromatic N) is 4. The van der Waals surface area contributed by atoms with Gasteiger partial charge in [-0.15, -0.1) is 0 Å². The Balaban J connectivity index is 2.09. The van der Waals surface area contributed by atoms with Gasteiger partial charge in [-0.05, 0) is 18.2 Å². The molecule has 0 aromatic carbocycles. The molecule has 0 atom stereocenters. The van der Waals surface area contributed by atoms with Crippen molar-refractivity contribution < 1.29 is 4.79 Å². The van der Waals surface area contributed by atoms with Gasteiger partial charge in [0.1, 0.15) is 11.5 Å². The highest BCUT2D eigenvalue weighted by Crippen LogP contribution is 2.09. The molecule has 8 nitrogen and oxygen atoms in total. The summed E-state index contributed by atoms with van der Waals surface area (Å²) in [7, 11) is 2.90. The van der Waals surface area contributed by atoms with E-state index in [2.05, 4.69) is 15.3 Å². The van der Waals surface area contributed by atoms with Crippen LogP contribution in [0.1, 0.15) is 10.4 Å². The molecular formula is C15H13N5O3. The van der Waals surface area contributed by atoms with Gasteiger partial charge in [-0.1, -0.05) is 6.07 Å². The number of carbonyl (C=O) groups is 1. The minimum absolute atomic E-state index is 0.197. The monoisotopic (exact) mass is 311 g/mol. The normalized spacial score (nSPS) is 10.7. The molecule has 3 aromatic rings. The average molecular weight is 311 g/mol. The van der Waals surface area contributed by atoms with E-state index in [-0.39, 0.29) is 16.6 Å². The van der Waals surface area contributed by atoms with E-state index in [4.69, 9.17) is 0 Å². The zero-order valence-corrected chi connectivity index (χ0v) is 12.5. The van der Waals surface area contributed by atoms with Gasteiger partial charge in [0.05, 0.1) is 10.9 Å². The highest BCUT2D eigenvalue weighted by Gasteiger charge is 2.13. The Kier molecular flexibility index (Phi) is 3.49. The van der Waals surface area contributed by atoms with Crippen LogP contribution in [0.3, 0.4) is 0 Å². The van der Waals surface area contributed by atoms with E-state index in [1.165, 1.54) is 30.9 Å². The van der Waals surface area contributed by atoms with Crippen LogP contribution in [0.15, 0.2) is 46.2 Å². The number of hydrogen-bond donors (Lipinski definition) is 1. The summed E-state index contributed by atoms with van der Waals surface area (Å²) in [6, 6.07) is 6.54. The van der Waals surface area contributed by atoms with Crippen molar-refractivity contribution in [2.45, 2.75) is 0 Å². The maximum atomic E-state index is 12.2. The van der Waals surface area contributed by atoms with Gasteiger partial charge in [-0.25, -0.2) is 14.8 Å². The van der Waals surface area contributed by atoms with Crippen molar-refractivity contribution in [1.29, 1.82) is 0 Å². The zero-order valence-electron chi connectivity index (χ0n) is 12.5. The highest BCUT2D eigenvalue weighted by atomic mass is 16.2.